The van der Waals surface area contributed by atoms with Gasteiger partial charge in [-0.2, -0.15) is 0 Å². The van der Waals surface area contributed by atoms with Crippen molar-refractivity contribution < 1.29 is 9.18 Å². The molecule has 122 valence electrons. The van der Waals surface area contributed by atoms with Crippen LogP contribution in [0.1, 0.15) is 58.8 Å². The number of carbonyl (C=O) groups excluding carboxylic acids is 1. The second-order valence-corrected chi connectivity index (χ2v) is 7.93. The van der Waals surface area contributed by atoms with Crippen LogP contribution in [0.25, 0.3) is 0 Å². The number of hydrogen-bond donors (Lipinski definition) is 1. The molecule has 23 heavy (non-hydrogen) atoms. The van der Waals surface area contributed by atoms with Crippen molar-refractivity contribution in [1.82, 2.24) is 0 Å². The van der Waals surface area contributed by atoms with Gasteiger partial charge in [-0.25, -0.2) is 4.39 Å². The number of aryl methyl sites for hydroxylation is 1. The number of hydrogen-bond acceptors (Lipinski definition) is 2. The molecule has 1 aromatic heterocycles. The summed E-state index contributed by atoms with van der Waals surface area (Å²) in [6.07, 6.45) is 6.28. The van der Waals surface area contributed by atoms with Crippen molar-refractivity contribution in [2.24, 2.45) is 0 Å². The molecular weight excluding hydrogens is 377 g/mol. The summed E-state index contributed by atoms with van der Waals surface area (Å²) >= 11 is 4.82. The Labute approximate surface area is 148 Å². The Morgan fingerprint density at radius 3 is 2.74 bits per heavy atom. The molecule has 1 fully saturated rings. The molecule has 1 aliphatic rings. The fourth-order valence-corrected chi connectivity index (χ4v) is 4.72. The normalized spacial score (nSPS) is 15.6. The van der Waals surface area contributed by atoms with Gasteiger partial charge in [0.1, 0.15) is 0 Å². The quantitative estimate of drug-likeness (QED) is 0.652. The number of carbonyl (C=O) groups is 1. The smallest absolute Gasteiger partial charge is 0.256 e. The maximum Gasteiger partial charge on any atom is 0.256 e. The molecule has 2 aromatic rings. The van der Waals surface area contributed by atoms with Gasteiger partial charge in [0.05, 0.1) is 15.7 Å². The van der Waals surface area contributed by atoms with Crippen LogP contribution in [-0.4, -0.2) is 5.91 Å². The zero-order valence-electron chi connectivity index (χ0n) is 13.0. The molecule has 5 heteroatoms. The number of benzene rings is 1. The number of anilines is 1. The van der Waals surface area contributed by atoms with Crippen molar-refractivity contribution in [2.75, 3.05) is 5.32 Å². The summed E-state index contributed by atoms with van der Waals surface area (Å²) in [5, 5.41) is 4.56. The Bertz CT molecular complexity index is 722. The monoisotopic (exact) mass is 395 g/mol. The van der Waals surface area contributed by atoms with Gasteiger partial charge in [-0.1, -0.05) is 19.3 Å². The Hall–Kier alpha value is -1.20. The Balaban J connectivity index is 1.75. The van der Waals surface area contributed by atoms with Crippen LogP contribution < -0.4 is 5.32 Å². The Morgan fingerprint density at radius 2 is 2.00 bits per heavy atom. The van der Waals surface area contributed by atoms with Gasteiger partial charge in [0.2, 0.25) is 0 Å². The molecule has 0 atom stereocenters. The highest BCUT2D eigenvalue weighted by Crippen LogP contribution is 2.36. The maximum atomic E-state index is 14.1. The lowest BCUT2D eigenvalue weighted by Crippen LogP contribution is -2.12. The molecular formula is C18H19BrFNOS. The van der Waals surface area contributed by atoms with Crippen LogP contribution in [0.5, 0.6) is 0 Å². The lowest BCUT2D eigenvalue weighted by molar-refractivity contribution is 0.102. The van der Waals surface area contributed by atoms with Gasteiger partial charge < -0.3 is 5.32 Å². The average molecular weight is 396 g/mol. The van der Waals surface area contributed by atoms with E-state index in [2.05, 4.69) is 21.2 Å². The lowest BCUT2D eigenvalue weighted by atomic mass is 9.88. The summed E-state index contributed by atoms with van der Waals surface area (Å²) in [5.41, 5.74) is 1.72. The average Bonchev–Trinajstić information content (AvgIpc) is 3.03. The summed E-state index contributed by atoms with van der Waals surface area (Å²) in [4.78, 5) is 13.7. The second-order valence-electron chi connectivity index (χ2n) is 6.14. The highest BCUT2D eigenvalue weighted by atomic mass is 79.9. The molecule has 0 aliphatic heterocycles. The van der Waals surface area contributed by atoms with Crippen LogP contribution in [0.4, 0.5) is 10.1 Å². The molecule has 0 saturated heterocycles. The highest BCUT2D eigenvalue weighted by molar-refractivity contribution is 9.10. The highest BCUT2D eigenvalue weighted by Gasteiger charge is 2.19. The number of amides is 1. The third-order valence-electron chi connectivity index (χ3n) is 4.31. The minimum atomic E-state index is -0.438. The fourth-order valence-electron chi connectivity index (χ4n) is 3.08. The van der Waals surface area contributed by atoms with E-state index in [0.29, 0.717) is 16.0 Å². The van der Waals surface area contributed by atoms with Crippen molar-refractivity contribution in [2.45, 2.75) is 44.9 Å². The standard InChI is InChI=1S/C18H19BrFNOS/c1-11-7-14(19)17(20)15(8-11)21-18(22)13-9-16(23-10-13)12-5-3-2-4-6-12/h7-10,12H,2-6H2,1H3,(H,21,22). The first-order valence-electron chi connectivity index (χ1n) is 7.90. The van der Waals surface area contributed by atoms with Gasteiger partial charge in [0, 0.05) is 10.3 Å². The number of thiophene rings is 1. The van der Waals surface area contributed by atoms with E-state index in [1.54, 1.807) is 23.5 Å². The van der Waals surface area contributed by atoms with Gasteiger partial charge in [-0.3, -0.25) is 4.79 Å². The third-order valence-corrected chi connectivity index (χ3v) is 5.98. The van der Waals surface area contributed by atoms with Crippen LogP contribution in [0.3, 0.4) is 0 Å². The van der Waals surface area contributed by atoms with Crippen LogP contribution in [0.2, 0.25) is 0 Å². The van der Waals surface area contributed by atoms with Gasteiger partial charge in [-0.15, -0.1) is 11.3 Å². The molecule has 0 radical (unpaired) electrons. The largest absolute Gasteiger partial charge is 0.319 e. The van der Waals surface area contributed by atoms with Crippen molar-refractivity contribution in [3.8, 4) is 0 Å². The van der Waals surface area contributed by atoms with E-state index in [1.807, 2.05) is 18.4 Å². The lowest BCUT2D eigenvalue weighted by Gasteiger charge is -2.19. The first-order valence-corrected chi connectivity index (χ1v) is 9.57. The molecule has 1 amide bonds. The van der Waals surface area contributed by atoms with Crippen molar-refractivity contribution >= 4 is 38.9 Å². The summed E-state index contributed by atoms with van der Waals surface area (Å²) in [7, 11) is 0. The Morgan fingerprint density at radius 1 is 1.26 bits per heavy atom. The third kappa shape index (κ3) is 3.83. The summed E-state index contributed by atoms with van der Waals surface area (Å²) in [6.45, 7) is 1.87. The van der Waals surface area contributed by atoms with Gasteiger partial charge in [0.25, 0.3) is 5.91 Å². The van der Waals surface area contributed by atoms with E-state index in [-0.39, 0.29) is 11.6 Å². The van der Waals surface area contributed by atoms with Crippen molar-refractivity contribution in [3.05, 3.63) is 49.9 Å². The van der Waals surface area contributed by atoms with Gasteiger partial charge in [-0.05, 0) is 65.4 Å². The molecule has 2 nitrogen and oxygen atoms in total. The summed E-state index contributed by atoms with van der Waals surface area (Å²) in [6, 6.07) is 5.31. The molecule has 0 unspecified atom stereocenters. The van der Waals surface area contributed by atoms with Gasteiger partial charge in [0.15, 0.2) is 5.82 Å². The molecule has 0 bridgehead atoms. The van der Waals surface area contributed by atoms with Crippen molar-refractivity contribution in [1.29, 1.82) is 0 Å². The van der Waals surface area contributed by atoms with E-state index in [1.165, 1.54) is 37.0 Å². The Kier molecular flexibility index (Phi) is 5.17. The minimum Gasteiger partial charge on any atom is -0.319 e. The molecule has 1 heterocycles. The summed E-state index contributed by atoms with van der Waals surface area (Å²) < 4.78 is 14.5. The molecule has 1 N–H and O–H groups in total. The number of nitrogens with one attached hydrogen (secondary N) is 1. The first-order chi connectivity index (χ1) is 11.0. The zero-order chi connectivity index (χ0) is 16.4. The van der Waals surface area contributed by atoms with E-state index in [4.69, 9.17) is 0 Å². The van der Waals surface area contributed by atoms with E-state index >= 15 is 0 Å². The predicted molar refractivity (Wildman–Crippen MR) is 96.9 cm³/mol. The maximum absolute atomic E-state index is 14.1. The van der Waals surface area contributed by atoms with E-state index in [0.717, 1.165) is 5.56 Å². The minimum absolute atomic E-state index is 0.215. The van der Waals surface area contributed by atoms with E-state index < -0.39 is 5.82 Å². The summed E-state index contributed by atoms with van der Waals surface area (Å²) in [5.74, 6) is -0.105. The van der Waals surface area contributed by atoms with Crippen LogP contribution in [-0.2, 0) is 0 Å². The number of halogens is 2. The van der Waals surface area contributed by atoms with Crippen molar-refractivity contribution in [3.63, 3.8) is 0 Å². The molecule has 3 rings (SSSR count). The molecule has 0 spiro atoms. The molecule has 1 saturated carbocycles. The first kappa shape index (κ1) is 16.7. The second kappa shape index (κ2) is 7.14. The number of rotatable bonds is 3. The van der Waals surface area contributed by atoms with Crippen LogP contribution >= 0.6 is 27.3 Å². The molecule has 1 aromatic carbocycles. The van der Waals surface area contributed by atoms with Crippen LogP contribution in [0, 0.1) is 12.7 Å². The SMILES string of the molecule is Cc1cc(Br)c(F)c(NC(=O)c2csc(C3CCCCC3)c2)c1. The topological polar surface area (TPSA) is 29.1 Å². The van der Waals surface area contributed by atoms with Gasteiger partial charge >= 0.3 is 0 Å². The fraction of sp³-hybridized carbons (Fsp3) is 0.389. The molecule has 1 aliphatic carbocycles. The van der Waals surface area contributed by atoms with E-state index in [9.17, 15) is 9.18 Å². The zero-order valence-corrected chi connectivity index (χ0v) is 15.4. The van der Waals surface area contributed by atoms with Crippen LogP contribution in [0.15, 0.2) is 28.1 Å². The predicted octanol–water partition coefficient (Wildman–Crippen LogP) is 6.26.